The van der Waals surface area contributed by atoms with Gasteiger partial charge in [0.05, 0.1) is 11.7 Å². The van der Waals surface area contributed by atoms with Gasteiger partial charge in [0.15, 0.2) is 0 Å². The fourth-order valence-electron chi connectivity index (χ4n) is 1.08. The monoisotopic (exact) mass is 244 g/mol. The first kappa shape index (κ1) is 12.7. The summed E-state index contributed by atoms with van der Waals surface area (Å²) in [5, 5.41) is 21.0. The minimum atomic E-state index is -1.07. The summed E-state index contributed by atoms with van der Waals surface area (Å²) in [4.78, 5) is 14.6. The van der Waals surface area contributed by atoms with E-state index in [2.05, 4.69) is 10.3 Å². The van der Waals surface area contributed by atoms with Gasteiger partial charge < -0.3 is 15.5 Å². The number of hydrogen-bond donors (Lipinski definition) is 3. The highest BCUT2D eigenvalue weighted by atomic mass is 35.5. The number of halogens is 1. The molecular formula is C10H13ClN2O3. The Morgan fingerprint density at radius 1 is 1.62 bits per heavy atom. The molecule has 0 amide bonds. The van der Waals surface area contributed by atoms with Crippen molar-refractivity contribution >= 4 is 23.4 Å². The number of carboxylic acid groups (broad SMARTS) is 1. The molecular weight excluding hydrogens is 232 g/mol. The van der Waals surface area contributed by atoms with Crippen LogP contribution in [0.4, 0.5) is 5.82 Å². The summed E-state index contributed by atoms with van der Waals surface area (Å²) in [5.41, 5.74) is 0.0634. The van der Waals surface area contributed by atoms with Crippen LogP contribution in [0, 0.1) is 0 Å². The molecule has 88 valence electrons. The number of pyridine rings is 1. The molecule has 0 fully saturated rings. The van der Waals surface area contributed by atoms with Gasteiger partial charge in [-0.2, -0.15) is 0 Å². The van der Waals surface area contributed by atoms with Gasteiger partial charge in [-0.25, -0.2) is 9.78 Å². The molecule has 0 aliphatic carbocycles. The third-order valence-corrected chi connectivity index (χ3v) is 2.22. The van der Waals surface area contributed by atoms with Gasteiger partial charge in [-0.1, -0.05) is 18.5 Å². The minimum Gasteiger partial charge on any atom is -0.478 e. The Morgan fingerprint density at radius 3 is 2.88 bits per heavy atom. The average molecular weight is 245 g/mol. The van der Waals surface area contributed by atoms with Gasteiger partial charge in [-0.05, 0) is 18.6 Å². The fraction of sp³-hybridized carbons (Fsp3) is 0.400. The Bertz CT molecular complexity index is 384. The van der Waals surface area contributed by atoms with Crippen LogP contribution in [0.25, 0.3) is 0 Å². The fourth-order valence-corrected chi connectivity index (χ4v) is 1.29. The molecule has 0 radical (unpaired) electrons. The lowest BCUT2D eigenvalue weighted by molar-refractivity contribution is 0.0697. The summed E-state index contributed by atoms with van der Waals surface area (Å²) in [6.07, 6.45) is 0.119. The summed E-state index contributed by atoms with van der Waals surface area (Å²) < 4.78 is 0. The van der Waals surface area contributed by atoms with E-state index in [0.717, 1.165) is 0 Å². The summed E-state index contributed by atoms with van der Waals surface area (Å²) >= 11 is 5.67. The van der Waals surface area contributed by atoms with E-state index >= 15 is 0 Å². The van der Waals surface area contributed by atoms with Crippen molar-refractivity contribution in [2.75, 3.05) is 11.9 Å². The van der Waals surface area contributed by atoms with Gasteiger partial charge in [0, 0.05) is 6.54 Å². The Labute approximate surface area is 98.1 Å². The summed E-state index contributed by atoms with van der Waals surface area (Å²) in [5.74, 6) is -0.721. The molecule has 1 aromatic rings. The number of hydrogen-bond acceptors (Lipinski definition) is 4. The van der Waals surface area contributed by atoms with Gasteiger partial charge in [-0.15, -0.1) is 0 Å². The zero-order valence-electron chi connectivity index (χ0n) is 8.77. The predicted octanol–water partition coefficient (Wildman–Crippen LogP) is 1.62. The smallest absolute Gasteiger partial charge is 0.335 e. The molecule has 1 unspecified atom stereocenters. The SMILES string of the molecule is CCC(O)CNc1cc(C(=O)O)cc(Cl)n1. The van der Waals surface area contributed by atoms with E-state index < -0.39 is 12.1 Å². The molecule has 0 saturated heterocycles. The Balaban J connectivity index is 2.76. The maximum absolute atomic E-state index is 10.7. The number of aliphatic hydroxyl groups is 1. The van der Waals surface area contributed by atoms with E-state index in [1.807, 2.05) is 6.92 Å². The van der Waals surface area contributed by atoms with Crippen LogP contribution in [0.5, 0.6) is 0 Å². The Morgan fingerprint density at radius 2 is 2.31 bits per heavy atom. The average Bonchev–Trinajstić information content (AvgIpc) is 2.25. The first-order chi connectivity index (χ1) is 7.52. The lowest BCUT2D eigenvalue weighted by Gasteiger charge is -2.10. The normalized spacial score (nSPS) is 12.2. The third-order valence-electron chi connectivity index (χ3n) is 2.03. The van der Waals surface area contributed by atoms with Crippen molar-refractivity contribution in [3.8, 4) is 0 Å². The highest BCUT2D eigenvalue weighted by Gasteiger charge is 2.08. The Kier molecular flexibility index (Phi) is 4.52. The lowest BCUT2D eigenvalue weighted by atomic mass is 10.2. The molecule has 0 bridgehead atoms. The number of aromatic carboxylic acids is 1. The van der Waals surface area contributed by atoms with E-state index in [0.29, 0.717) is 18.8 Å². The van der Waals surface area contributed by atoms with Crippen molar-refractivity contribution in [1.29, 1.82) is 0 Å². The van der Waals surface area contributed by atoms with Crippen molar-refractivity contribution in [2.24, 2.45) is 0 Å². The number of carbonyl (C=O) groups is 1. The molecule has 0 saturated carbocycles. The molecule has 6 heteroatoms. The van der Waals surface area contributed by atoms with Gasteiger partial charge >= 0.3 is 5.97 Å². The largest absolute Gasteiger partial charge is 0.478 e. The molecule has 1 rings (SSSR count). The number of anilines is 1. The van der Waals surface area contributed by atoms with Crippen molar-refractivity contribution in [2.45, 2.75) is 19.4 Å². The topological polar surface area (TPSA) is 82.5 Å². The maximum atomic E-state index is 10.7. The predicted molar refractivity (Wildman–Crippen MR) is 61.0 cm³/mol. The molecule has 3 N–H and O–H groups in total. The number of aliphatic hydroxyl groups excluding tert-OH is 1. The van der Waals surface area contributed by atoms with Crippen molar-refractivity contribution in [1.82, 2.24) is 4.98 Å². The first-order valence-electron chi connectivity index (χ1n) is 4.85. The molecule has 0 aliphatic heterocycles. The molecule has 0 aliphatic rings. The van der Waals surface area contributed by atoms with E-state index in [1.54, 1.807) is 0 Å². The van der Waals surface area contributed by atoms with Crippen LogP contribution < -0.4 is 5.32 Å². The highest BCUT2D eigenvalue weighted by Crippen LogP contribution is 2.14. The van der Waals surface area contributed by atoms with Crippen molar-refractivity contribution < 1.29 is 15.0 Å². The maximum Gasteiger partial charge on any atom is 0.335 e. The Hall–Kier alpha value is -1.33. The van der Waals surface area contributed by atoms with Crippen LogP contribution >= 0.6 is 11.6 Å². The second kappa shape index (κ2) is 5.67. The van der Waals surface area contributed by atoms with E-state index in [9.17, 15) is 9.90 Å². The van der Waals surface area contributed by atoms with Gasteiger partial charge in [0.2, 0.25) is 0 Å². The van der Waals surface area contributed by atoms with Crippen LogP contribution in [0.15, 0.2) is 12.1 Å². The zero-order chi connectivity index (χ0) is 12.1. The van der Waals surface area contributed by atoms with Gasteiger partial charge in [-0.3, -0.25) is 0 Å². The minimum absolute atomic E-state index is 0.0634. The number of aromatic nitrogens is 1. The number of nitrogens with one attached hydrogen (secondary N) is 1. The van der Waals surface area contributed by atoms with Crippen LogP contribution in [0.2, 0.25) is 5.15 Å². The molecule has 1 heterocycles. The van der Waals surface area contributed by atoms with Crippen molar-refractivity contribution in [3.63, 3.8) is 0 Å². The molecule has 0 spiro atoms. The summed E-state index contributed by atoms with van der Waals surface area (Å²) in [7, 11) is 0. The highest BCUT2D eigenvalue weighted by molar-refractivity contribution is 6.29. The van der Waals surface area contributed by atoms with Crippen LogP contribution in [-0.2, 0) is 0 Å². The second-order valence-corrected chi connectivity index (χ2v) is 3.70. The molecule has 1 aromatic heterocycles. The number of nitrogens with zero attached hydrogens (tertiary/aromatic N) is 1. The lowest BCUT2D eigenvalue weighted by Crippen LogP contribution is -2.19. The van der Waals surface area contributed by atoms with Crippen LogP contribution in [-0.4, -0.2) is 33.8 Å². The van der Waals surface area contributed by atoms with Crippen molar-refractivity contribution in [3.05, 3.63) is 22.8 Å². The molecule has 16 heavy (non-hydrogen) atoms. The standard InChI is InChI=1S/C10H13ClN2O3/c1-2-7(14)5-12-9-4-6(10(15)16)3-8(11)13-9/h3-4,7,14H,2,5H2,1H3,(H,12,13)(H,15,16). The van der Waals surface area contributed by atoms with Crippen LogP contribution in [0.3, 0.4) is 0 Å². The molecule has 5 nitrogen and oxygen atoms in total. The number of carboxylic acids is 1. The van der Waals surface area contributed by atoms with E-state index in [4.69, 9.17) is 16.7 Å². The third kappa shape index (κ3) is 3.67. The first-order valence-corrected chi connectivity index (χ1v) is 5.23. The summed E-state index contributed by atoms with van der Waals surface area (Å²) in [6.45, 7) is 2.16. The molecule has 0 aromatic carbocycles. The summed E-state index contributed by atoms with van der Waals surface area (Å²) in [6, 6.07) is 2.64. The van der Waals surface area contributed by atoms with E-state index in [1.165, 1.54) is 12.1 Å². The van der Waals surface area contributed by atoms with Crippen LogP contribution in [0.1, 0.15) is 23.7 Å². The van der Waals surface area contributed by atoms with E-state index in [-0.39, 0.29) is 10.7 Å². The molecule has 1 atom stereocenters. The van der Waals surface area contributed by atoms with Gasteiger partial charge in [0.25, 0.3) is 0 Å². The zero-order valence-corrected chi connectivity index (χ0v) is 9.53. The van der Waals surface area contributed by atoms with Gasteiger partial charge in [0.1, 0.15) is 11.0 Å². The number of rotatable bonds is 5. The second-order valence-electron chi connectivity index (χ2n) is 3.31. The quantitative estimate of drug-likeness (QED) is 0.686.